The highest BCUT2D eigenvalue weighted by Crippen LogP contribution is 2.42. The van der Waals surface area contributed by atoms with Crippen LogP contribution >= 0.6 is 11.6 Å². The van der Waals surface area contributed by atoms with Gasteiger partial charge in [-0.3, -0.25) is 14.5 Å². The van der Waals surface area contributed by atoms with E-state index in [4.69, 9.17) is 21.1 Å². The van der Waals surface area contributed by atoms with Crippen LogP contribution in [0.1, 0.15) is 24.1 Å². The van der Waals surface area contributed by atoms with Crippen molar-refractivity contribution < 1.29 is 24.2 Å². The molecule has 0 aromatic heterocycles. The van der Waals surface area contributed by atoms with Crippen molar-refractivity contribution in [3.8, 4) is 11.5 Å². The van der Waals surface area contributed by atoms with Crippen molar-refractivity contribution in [2.45, 2.75) is 13.0 Å². The fourth-order valence-corrected chi connectivity index (χ4v) is 3.96. The van der Waals surface area contributed by atoms with Crippen LogP contribution in [0.5, 0.6) is 11.5 Å². The molecule has 1 heterocycles. The highest BCUT2D eigenvalue weighted by Gasteiger charge is 2.46. The summed E-state index contributed by atoms with van der Waals surface area (Å²) in [6.07, 6.45) is 0. The lowest BCUT2D eigenvalue weighted by atomic mass is 9.95. The molecule has 0 saturated carbocycles. The van der Waals surface area contributed by atoms with Gasteiger partial charge in [0.15, 0.2) is 0 Å². The average molecular weight is 464 g/mol. The van der Waals surface area contributed by atoms with Crippen LogP contribution in [0, 0.1) is 0 Å². The van der Waals surface area contributed by atoms with E-state index < -0.39 is 17.7 Å². The van der Waals surface area contributed by atoms with Gasteiger partial charge in [-0.2, -0.15) is 0 Å². The Morgan fingerprint density at radius 2 is 1.55 bits per heavy atom. The quantitative estimate of drug-likeness (QED) is 0.302. The van der Waals surface area contributed by atoms with Crippen molar-refractivity contribution in [3.05, 3.63) is 94.5 Å². The Hall–Kier alpha value is -3.77. The maximum absolute atomic E-state index is 13.2. The number of amides is 1. The first-order valence-corrected chi connectivity index (χ1v) is 10.8. The van der Waals surface area contributed by atoms with Gasteiger partial charge in [0.05, 0.1) is 25.3 Å². The summed E-state index contributed by atoms with van der Waals surface area (Å²) >= 11 is 6.06. The number of Topliss-reactive ketones (excluding diaryl/α,β-unsaturated/α-hetero) is 1. The molecule has 0 bridgehead atoms. The van der Waals surface area contributed by atoms with Crippen molar-refractivity contribution in [2.24, 2.45) is 0 Å². The first kappa shape index (κ1) is 22.4. The van der Waals surface area contributed by atoms with Crippen LogP contribution in [-0.2, 0) is 9.59 Å². The summed E-state index contributed by atoms with van der Waals surface area (Å²) in [5, 5.41) is 11.7. The first-order valence-electron chi connectivity index (χ1n) is 10.4. The monoisotopic (exact) mass is 463 g/mol. The Bertz CT molecular complexity index is 1200. The van der Waals surface area contributed by atoms with Gasteiger partial charge in [-0.15, -0.1) is 0 Å². The van der Waals surface area contributed by atoms with E-state index in [1.165, 1.54) is 4.90 Å². The summed E-state index contributed by atoms with van der Waals surface area (Å²) in [5.74, 6) is -0.494. The molecule has 168 valence electrons. The van der Waals surface area contributed by atoms with Crippen molar-refractivity contribution in [2.75, 3.05) is 18.6 Å². The smallest absolute Gasteiger partial charge is 0.300 e. The van der Waals surface area contributed by atoms with E-state index in [2.05, 4.69) is 0 Å². The predicted octanol–water partition coefficient (Wildman–Crippen LogP) is 5.37. The Labute approximate surface area is 196 Å². The average Bonchev–Trinajstić information content (AvgIpc) is 3.10. The number of benzene rings is 3. The Morgan fingerprint density at radius 1 is 0.939 bits per heavy atom. The van der Waals surface area contributed by atoms with Gasteiger partial charge in [-0.05, 0) is 73.2 Å². The summed E-state index contributed by atoms with van der Waals surface area (Å²) in [6.45, 7) is 2.38. The van der Waals surface area contributed by atoms with Crippen LogP contribution in [0.4, 0.5) is 5.69 Å². The number of halogens is 1. The fourth-order valence-electron chi connectivity index (χ4n) is 3.83. The normalized spacial score (nSPS) is 17.3. The number of hydrogen-bond donors (Lipinski definition) is 1. The summed E-state index contributed by atoms with van der Waals surface area (Å²) in [4.78, 5) is 27.7. The minimum absolute atomic E-state index is 0.00213. The number of ketones is 1. The third-order valence-electron chi connectivity index (χ3n) is 5.42. The van der Waals surface area contributed by atoms with Gasteiger partial charge in [-0.25, -0.2) is 0 Å². The number of aliphatic hydroxyl groups is 1. The van der Waals surface area contributed by atoms with Gasteiger partial charge in [0, 0.05) is 16.3 Å². The number of carbonyl (C=O) groups excluding carboxylic acids is 2. The summed E-state index contributed by atoms with van der Waals surface area (Å²) in [5.41, 5.74) is 1.55. The zero-order valence-corrected chi connectivity index (χ0v) is 18.9. The standard InChI is InChI=1S/C26H22ClNO5/c1-3-33-21-12-6-17(7-13-21)24(29)22-23(16-4-8-18(27)9-5-16)28(26(31)25(22)30)19-10-14-20(32-2)15-11-19/h4-15,23,29H,3H2,1-2H3/t23-/m0/s1. The SMILES string of the molecule is CCOc1ccc(C(O)=C2C(=O)C(=O)N(c3ccc(OC)cc3)[C@H]2c2ccc(Cl)cc2)cc1. The van der Waals surface area contributed by atoms with Gasteiger partial charge in [0.2, 0.25) is 0 Å². The van der Waals surface area contributed by atoms with E-state index >= 15 is 0 Å². The minimum Gasteiger partial charge on any atom is -0.507 e. The van der Waals surface area contributed by atoms with Crippen molar-refractivity contribution in [3.63, 3.8) is 0 Å². The van der Waals surface area contributed by atoms with Crippen molar-refractivity contribution in [1.29, 1.82) is 0 Å². The Balaban J connectivity index is 1.86. The van der Waals surface area contributed by atoms with Crippen molar-refractivity contribution >= 4 is 34.7 Å². The summed E-state index contributed by atoms with van der Waals surface area (Å²) < 4.78 is 10.7. The van der Waals surface area contributed by atoms with Gasteiger partial charge in [0.1, 0.15) is 17.3 Å². The number of ether oxygens (including phenoxy) is 2. The van der Waals surface area contributed by atoms with Crippen LogP contribution < -0.4 is 14.4 Å². The first-order chi connectivity index (χ1) is 15.9. The minimum atomic E-state index is -0.831. The van der Waals surface area contributed by atoms with E-state index in [9.17, 15) is 14.7 Å². The number of methoxy groups -OCH3 is 1. The van der Waals surface area contributed by atoms with Crippen LogP contribution in [0.15, 0.2) is 78.4 Å². The maximum Gasteiger partial charge on any atom is 0.300 e. The van der Waals surface area contributed by atoms with Crippen LogP contribution in [0.3, 0.4) is 0 Å². The lowest BCUT2D eigenvalue weighted by molar-refractivity contribution is -0.132. The van der Waals surface area contributed by atoms with Crippen molar-refractivity contribution in [1.82, 2.24) is 0 Å². The topological polar surface area (TPSA) is 76.1 Å². The van der Waals surface area contributed by atoms with E-state index in [0.29, 0.717) is 39.9 Å². The number of nitrogens with zero attached hydrogens (tertiary/aromatic N) is 1. The molecule has 0 spiro atoms. The fraction of sp³-hybridized carbons (Fsp3) is 0.154. The van der Waals surface area contributed by atoms with Gasteiger partial charge >= 0.3 is 0 Å². The van der Waals surface area contributed by atoms with E-state index in [0.717, 1.165) is 0 Å². The van der Waals surface area contributed by atoms with Crippen LogP contribution in [0.2, 0.25) is 5.02 Å². The molecule has 0 radical (unpaired) electrons. The molecular weight excluding hydrogens is 442 g/mol. The highest BCUT2D eigenvalue weighted by molar-refractivity contribution is 6.51. The molecule has 33 heavy (non-hydrogen) atoms. The number of anilines is 1. The number of carbonyl (C=O) groups is 2. The summed E-state index contributed by atoms with van der Waals surface area (Å²) in [7, 11) is 1.55. The zero-order chi connectivity index (χ0) is 23.5. The molecular formula is C26H22ClNO5. The third kappa shape index (κ3) is 4.30. The molecule has 1 aliphatic heterocycles. The Kier molecular flexibility index (Phi) is 6.38. The molecule has 1 saturated heterocycles. The van der Waals surface area contributed by atoms with E-state index in [1.54, 1.807) is 79.9 Å². The predicted molar refractivity (Wildman–Crippen MR) is 127 cm³/mol. The van der Waals surface area contributed by atoms with E-state index in [-0.39, 0.29) is 11.3 Å². The second kappa shape index (κ2) is 9.38. The second-order valence-electron chi connectivity index (χ2n) is 7.38. The molecule has 1 amide bonds. The number of hydrogen-bond acceptors (Lipinski definition) is 5. The van der Waals surface area contributed by atoms with Gasteiger partial charge in [0.25, 0.3) is 11.7 Å². The molecule has 7 heteroatoms. The van der Waals surface area contributed by atoms with Gasteiger partial charge < -0.3 is 14.6 Å². The molecule has 3 aromatic carbocycles. The van der Waals surface area contributed by atoms with Gasteiger partial charge in [-0.1, -0.05) is 23.7 Å². The van der Waals surface area contributed by atoms with Crippen LogP contribution in [-0.4, -0.2) is 30.5 Å². The number of aliphatic hydroxyl groups excluding tert-OH is 1. The molecule has 6 nitrogen and oxygen atoms in total. The highest BCUT2D eigenvalue weighted by atomic mass is 35.5. The second-order valence-corrected chi connectivity index (χ2v) is 7.81. The Morgan fingerprint density at radius 3 is 2.12 bits per heavy atom. The van der Waals surface area contributed by atoms with E-state index in [1.807, 2.05) is 6.92 Å². The molecule has 1 aliphatic rings. The third-order valence-corrected chi connectivity index (χ3v) is 5.67. The molecule has 1 N–H and O–H groups in total. The zero-order valence-electron chi connectivity index (χ0n) is 18.1. The summed E-state index contributed by atoms with van der Waals surface area (Å²) in [6, 6.07) is 19.5. The van der Waals surface area contributed by atoms with Crippen LogP contribution in [0.25, 0.3) is 5.76 Å². The molecule has 1 fully saturated rings. The molecule has 1 atom stereocenters. The molecule has 4 rings (SSSR count). The number of rotatable bonds is 6. The lowest BCUT2D eigenvalue weighted by Gasteiger charge is -2.25. The lowest BCUT2D eigenvalue weighted by Crippen LogP contribution is -2.29. The largest absolute Gasteiger partial charge is 0.507 e. The maximum atomic E-state index is 13.2. The molecule has 0 unspecified atom stereocenters. The molecule has 0 aliphatic carbocycles. The molecule has 3 aromatic rings.